The Bertz CT molecular complexity index is 566. The minimum atomic E-state index is -0.883. The maximum atomic E-state index is 12.2. The lowest BCUT2D eigenvalue weighted by atomic mass is 9.74. The van der Waals surface area contributed by atoms with Crippen LogP contribution >= 0.6 is 0 Å². The number of benzene rings is 1. The van der Waals surface area contributed by atoms with E-state index in [4.69, 9.17) is 14.6 Å². The third-order valence-corrected chi connectivity index (χ3v) is 4.02. The largest absolute Gasteiger partial charge is 0.493 e. The maximum Gasteiger partial charge on any atom is 0.305 e. The SMILES string of the molecule is COc1ccc(CC(=O)NC2(CC(=O)O)CCC2)cc1OC. The third kappa shape index (κ3) is 3.69. The second kappa shape index (κ2) is 6.68. The molecule has 1 aliphatic rings. The molecule has 6 heteroatoms. The van der Waals surface area contributed by atoms with Crippen LogP contribution in [0.3, 0.4) is 0 Å². The van der Waals surface area contributed by atoms with E-state index in [2.05, 4.69) is 5.32 Å². The summed E-state index contributed by atoms with van der Waals surface area (Å²) in [5, 5.41) is 11.8. The van der Waals surface area contributed by atoms with Crippen molar-refractivity contribution in [1.82, 2.24) is 5.32 Å². The minimum absolute atomic E-state index is 0.0231. The van der Waals surface area contributed by atoms with Crippen LogP contribution in [0.1, 0.15) is 31.2 Å². The van der Waals surface area contributed by atoms with Gasteiger partial charge in [0.1, 0.15) is 0 Å². The fourth-order valence-corrected chi connectivity index (χ4v) is 2.75. The number of carboxylic acids is 1. The van der Waals surface area contributed by atoms with Crippen molar-refractivity contribution in [1.29, 1.82) is 0 Å². The fraction of sp³-hybridized carbons (Fsp3) is 0.500. The van der Waals surface area contributed by atoms with Crippen molar-refractivity contribution in [3.05, 3.63) is 23.8 Å². The summed E-state index contributed by atoms with van der Waals surface area (Å²) < 4.78 is 10.4. The number of hydrogen-bond acceptors (Lipinski definition) is 4. The van der Waals surface area contributed by atoms with Gasteiger partial charge in [-0.05, 0) is 37.0 Å². The molecule has 1 amide bonds. The summed E-state index contributed by atoms with van der Waals surface area (Å²) in [6.45, 7) is 0. The Morgan fingerprint density at radius 3 is 2.41 bits per heavy atom. The molecule has 1 saturated carbocycles. The van der Waals surface area contributed by atoms with Crippen LogP contribution < -0.4 is 14.8 Å². The van der Waals surface area contributed by atoms with E-state index < -0.39 is 11.5 Å². The summed E-state index contributed by atoms with van der Waals surface area (Å²) in [4.78, 5) is 23.1. The first-order valence-electron chi connectivity index (χ1n) is 7.22. The Kier molecular flexibility index (Phi) is 4.90. The topological polar surface area (TPSA) is 84.9 Å². The van der Waals surface area contributed by atoms with E-state index in [1.54, 1.807) is 25.3 Å². The fourth-order valence-electron chi connectivity index (χ4n) is 2.75. The van der Waals surface area contributed by atoms with Crippen molar-refractivity contribution in [2.45, 2.75) is 37.6 Å². The van der Waals surface area contributed by atoms with Gasteiger partial charge < -0.3 is 19.9 Å². The molecule has 1 fully saturated rings. The standard InChI is InChI=1S/C16H21NO5/c1-21-12-5-4-11(8-13(12)22-2)9-14(18)17-16(6-3-7-16)10-15(19)20/h4-5,8H,3,6-7,9-10H2,1-2H3,(H,17,18)(H,19,20). The lowest BCUT2D eigenvalue weighted by Crippen LogP contribution is -2.55. The van der Waals surface area contributed by atoms with Gasteiger partial charge in [0.25, 0.3) is 0 Å². The van der Waals surface area contributed by atoms with E-state index in [-0.39, 0.29) is 18.7 Å². The molecular weight excluding hydrogens is 286 g/mol. The van der Waals surface area contributed by atoms with Gasteiger partial charge in [-0.1, -0.05) is 6.07 Å². The lowest BCUT2D eigenvalue weighted by Gasteiger charge is -2.41. The van der Waals surface area contributed by atoms with Crippen molar-refractivity contribution in [3.63, 3.8) is 0 Å². The Labute approximate surface area is 129 Å². The van der Waals surface area contributed by atoms with Crippen molar-refractivity contribution in [2.24, 2.45) is 0 Å². The molecule has 0 atom stereocenters. The molecule has 2 rings (SSSR count). The molecule has 0 saturated heterocycles. The van der Waals surface area contributed by atoms with Gasteiger partial charge in [-0.2, -0.15) is 0 Å². The highest BCUT2D eigenvalue weighted by molar-refractivity contribution is 5.81. The molecule has 6 nitrogen and oxygen atoms in total. The van der Waals surface area contributed by atoms with E-state index in [9.17, 15) is 9.59 Å². The van der Waals surface area contributed by atoms with E-state index in [0.29, 0.717) is 11.5 Å². The van der Waals surface area contributed by atoms with Crippen LogP contribution in [0.4, 0.5) is 0 Å². The van der Waals surface area contributed by atoms with Crippen LogP contribution in [0.15, 0.2) is 18.2 Å². The number of methoxy groups -OCH3 is 2. The van der Waals surface area contributed by atoms with Crippen LogP contribution in [0.25, 0.3) is 0 Å². The van der Waals surface area contributed by atoms with Crippen LogP contribution in [-0.4, -0.2) is 36.7 Å². The Morgan fingerprint density at radius 1 is 1.23 bits per heavy atom. The summed E-state index contributed by atoms with van der Waals surface area (Å²) >= 11 is 0. The van der Waals surface area contributed by atoms with Crippen molar-refractivity contribution in [3.8, 4) is 11.5 Å². The molecule has 0 bridgehead atoms. The lowest BCUT2D eigenvalue weighted by molar-refractivity contribution is -0.140. The van der Waals surface area contributed by atoms with Crippen LogP contribution in [-0.2, 0) is 16.0 Å². The highest BCUT2D eigenvalue weighted by Crippen LogP contribution is 2.35. The molecule has 0 aliphatic heterocycles. The monoisotopic (exact) mass is 307 g/mol. The molecule has 22 heavy (non-hydrogen) atoms. The predicted molar refractivity (Wildman–Crippen MR) is 80.2 cm³/mol. The first-order chi connectivity index (χ1) is 10.5. The molecule has 1 aromatic carbocycles. The van der Waals surface area contributed by atoms with Gasteiger partial charge in [-0.25, -0.2) is 0 Å². The highest BCUT2D eigenvalue weighted by Gasteiger charge is 2.40. The van der Waals surface area contributed by atoms with Gasteiger partial charge >= 0.3 is 5.97 Å². The molecule has 1 aromatic rings. The molecule has 1 aliphatic carbocycles. The minimum Gasteiger partial charge on any atom is -0.493 e. The molecule has 120 valence electrons. The number of carboxylic acid groups (broad SMARTS) is 1. The zero-order valence-corrected chi connectivity index (χ0v) is 12.8. The van der Waals surface area contributed by atoms with Crippen molar-refractivity contribution >= 4 is 11.9 Å². The summed E-state index contributed by atoms with van der Waals surface area (Å²) in [6, 6.07) is 5.30. The second-order valence-corrected chi connectivity index (χ2v) is 5.62. The van der Waals surface area contributed by atoms with Gasteiger partial charge in [0.15, 0.2) is 11.5 Å². The van der Waals surface area contributed by atoms with E-state index in [0.717, 1.165) is 24.8 Å². The average molecular weight is 307 g/mol. The third-order valence-electron chi connectivity index (χ3n) is 4.02. The number of carbonyl (C=O) groups excluding carboxylic acids is 1. The average Bonchev–Trinajstić information content (AvgIpc) is 2.44. The Balaban J connectivity index is 2.01. The quantitative estimate of drug-likeness (QED) is 0.802. The summed E-state index contributed by atoms with van der Waals surface area (Å²) in [5.41, 5.74) is 0.222. The van der Waals surface area contributed by atoms with Crippen LogP contribution in [0, 0.1) is 0 Å². The number of rotatable bonds is 7. The normalized spacial score (nSPS) is 15.5. The van der Waals surface area contributed by atoms with Gasteiger partial charge in [0, 0.05) is 0 Å². The number of nitrogens with one attached hydrogen (secondary N) is 1. The molecular formula is C16H21NO5. The van der Waals surface area contributed by atoms with Crippen LogP contribution in [0.5, 0.6) is 11.5 Å². The molecule has 0 heterocycles. The Hall–Kier alpha value is -2.24. The van der Waals surface area contributed by atoms with Gasteiger partial charge in [0.05, 0.1) is 32.6 Å². The first kappa shape index (κ1) is 16.1. The van der Waals surface area contributed by atoms with Crippen molar-refractivity contribution < 1.29 is 24.2 Å². The predicted octanol–water partition coefficient (Wildman–Crippen LogP) is 1.76. The molecule has 0 radical (unpaired) electrons. The molecule has 0 unspecified atom stereocenters. The molecule has 0 aromatic heterocycles. The summed E-state index contributed by atoms with van der Waals surface area (Å²) in [5.74, 6) is 0.115. The smallest absolute Gasteiger partial charge is 0.305 e. The molecule has 2 N–H and O–H groups in total. The highest BCUT2D eigenvalue weighted by atomic mass is 16.5. The number of aliphatic carboxylic acids is 1. The maximum absolute atomic E-state index is 12.2. The summed E-state index contributed by atoms with van der Waals surface area (Å²) in [7, 11) is 3.09. The van der Waals surface area contributed by atoms with Crippen LogP contribution in [0.2, 0.25) is 0 Å². The zero-order chi connectivity index (χ0) is 16.2. The van der Waals surface area contributed by atoms with Gasteiger partial charge in [-0.3, -0.25) is 9.59 Å². The summed E-state index contributed by atoms with van der Waals surface area (Å²) in [6.07, 6.45) is 2.55. The first-order valence-corrected chi connectivity index (χ1v) is 7.22. The number of amides is 1. The number of ether oxygens (including phenoxy) is 2. The number of hydrogen-bond donors (Lipinski definition) is 2. The van der Waals surface area contributed by atoms with E-state index in [1.165, 1.54) is 7.11 Å². The Morgan fingerprint density at radius 2 is 1.91 bits per heavy atom. The van der Waals surface area contributed by atoms with E-state index in [1.807, 2.05) is 0 Å². The van der Waals surface area contributed by atoms with E-state index >= 15 is 0 Å². The van der Waals surface area contributed by atoms with Crippen molar-refractivity contribution in [2.75, 3.05) is 14.2 Å². The van der Waals surface area contributed by atoms with Gasteiger partial charge in [0.2, 0.25) is 5.91 Å². The zero-order valence-electron chi connectivity index (χ0n) is 12.8. The van der Waals surface area contributed by atoms with Gasteiger partial charge in [-0.15, -0.1) is 0 Å². The molecule has 0 spiro atoms. The number of carbonyl (C=O) groups is 2. The second-order valence-electron chi connectivity index (χ2n) is 5.62.